The molecule has 12 nitrogen and oxygen atoms in total. The Morgan fingerprint density at radius 2 is 1.44 bits per heavy atom. The SMILES string of the molecule is CCC(C)C(N)C(=O)NC(CCC(=O)O)C(=O)NC(CO)C(=O)NC(CCSC)C(=O)O. The minimum absolute atomic E-state index is 0.138. The van der Waals surface area contributed by atoms with E-state index in [0.717, 1.165) is 0 Å². The van der Waals surface area contributed by atoms with Gasteiger partial charge in [-0.05, 0) is 30.8 Å². The quantitative estimate of drug-likeness (QED) is 0.137. The number of aliphatic hydroxyl groups is 1. The molecule has 13 heteroatoms. The number of nitrogens with one attached hydrogen (secondary N) is 3. The smallest absolute Gasteiger partial charge is 0.326 e. The highest BCUT2D eigenvalue weighted by molar-refractivity contribution is 7.98. The number of nitrogens with two attached hydrogens (primary N) is 1. The molecular formula is C19H34N4O8S. The lowest BCUT2D eigenvalue weighted by Crippen LogP contribution is -2.58. The maximum atomic E-state index is 12.6. The monoisotopic (exact) mass is 478 g/mol. The van der Waals surface area contributed by atoms with Gasteiger partial charge in [-0.15, -0.1) is 0 Å². The number of carbonyl (C=O) groups is 5. The van der Waals surface area contributed by atoms with Crippen molar-refractivity contribution >= 4 is 41.4 Å². The molecule has 0 fully saturated rings. The number of carboxylic acid groups (broad SMARTS) is 2. The van der Waals surface area contributed by atoms with Crippen LogP contribution in [0.1, 0.15) is 39.5 Å². The molecule has 0 aliphatic carbocycles. The van der Waals surface area contributed by atoms with Crippen LogP contribution in [-0.2, 0) is 24.0 Å². The van der Waals surface area contributed by atoms with E-state index in [1.54, 1.807) is 13.2 Å². The van der Waals surface area contributed by atoms with Gasteiger partial charge in [0.05, 0.1) is 12.6 Å². The first-order valence-electron chi connectivity index (χ1n) is 10.2. The molecule has 0 aromatic heterocycles. The second-order valence-corrected chi connectivity index (χ2v) is 8.32. The summed E-state index contributed by atoms with van der Waals surface area (Å²) in [6.07, 6.45) is 1.80. The zero-order valence-electron chi connectivity index (χ0n) is 18.5. The molecule has 0 aliphatic rings. The van der Waals surface area contributed by atoms with Gasteiger partial charge in [0.15, 0.2) is 0 Å². The van der Waals surface area contributed by atoms with E-state index in [9.17, 15) is 34.2 Å². The molecule has 0 saturated carbocycles. The molecule has 0 rings (SSSR count). The Morgan fingerprint density at radius 1 is 0.906 bits per heavy atom. The first kappa shape index (κ1) is 29.6. The predicted octanol–water partition coefficient (Wildman–Crippen LogP) is -1.49. The number of thioether (sulfide) groups is 1. The molecule has 0 heterocycles. The third-order valence-corrected chi connectivity index (χ3v) is 5.52. The van der Waals surface area contributed by atoms with Crippen molar-refractivity contribution in [1.82, 2.24) is 16.0 Å². The van der Waals surface area contributed by atoms with Crippen LogP contribution in [0, 0.1) is 5.92 Å². The highest BCUT2D eigenvalue weighted by Gasteiger charge is 2.30. The van der Waals surface area contributed by atoms with Gasteiger partial charge in [-0.3, -0.25) is 19.2 Å². The number of rotatable bonds is 16. The van der Waals surface area contributed by atoms with E-state index in [1.807, 2.05) is 6.92 Å². The lowest BCUT2D eigenvalue weighted by atomic mass is 9.98. The van der Waals surface area contributed by atoms with Gasteiger partial charge < -0.3 is 37.0 Å². The summed E-state index contributed by atoms with van der Waals surface area (Å²) in [4.78, 5) is 59.6. The molecular weight excluding hydrogens is 444 g/mol. The van der Waals surface area contributed by atoms with E-state index in [0.29, 0.717) is 12.2 Å². The van der Waals surface area contributed by atoms with Gasteiger partial charge in [-0.1, -0.05) is 20.3 Å². The van der Waals surface area contributed by atoms with E-state index >= 15 is 0 Å². The van der Waals surface area contributed by atoms with Gasteiger partial charge in [0.2, 0.25) is 17.7 Å². The molecule has 0 spiro atoms. The molecule has 184 valence electrons. The molecule has 0 aromatic carbocycles. The van der Waals surface area contributed by atoms with Gasteiger partial charge in [-0.2, -0.15) is 11.8 Å². The first-order valence-corrected chi connectivity index (χ1v) is 11.6. The second-order valence-electron chi connectivity index (χ2n) is 7.33. The summed E-state index contributed by atoms with van der Waals surface area (Å²) < 4.78 is 0. The van der Waals surface area contributed by atoms with Crippen LogP contribution in [0.5, 0.6) is 0 Å². The fraction of sp³-hybridized carbons (Fsp3) is 0.737. The molecule has 0 aliphatic heterocycles. The summed E-state index contributed by atoms with van der Waals surface area (Å²) in [5.74, 6) is -4.66. The normalized spacial score (nSPS) is 15.5. The molecule has 8 N–H and O–H groups in total. The van der Waals surface area contributed by atoms with Crippen molar-refractivity contribution < 1.29 is 39.3 Å². The topological polar surface area (TPSA) is 208 Å². The molecule has 0 aromatic rings. The van der Waals surface area contributed by atoms with Crippen molar-refractivity contribution in [2.24, 2.45) is 11.7 Å². The Hall–Kier alpha value is -2.38. The van der Waals surface area contributed by atoms with Crippen LogP contribution in [0.4, 0.5) is 0 Å². The Morgan fingerprint density at radius 3 is 1.91 bits per heavy atom. The van der Waals surface area contributed by atoms with Crippen LogP contribution >= 0.6 is 11.8 Å². The molecule has 3 amide bonds. The summed E-state index contributed by atoms with van der Waals surface area (Å²) in [6.45, 7) is 2.75. The van der Waals surface area contributed by atoms with Crippen LogP contribution in [0.3, 0.4) is 0 Å². The van der Waals surface area contributed by atoms with Gasteiger partial charge in [-0.25, -0.2) is 4.79 Å². The molecule has 0 saturated heterocycles. The lowest BCUT2D eigenvalue weighted by Gasteiger charge is -2.25. The van der Waals surface area contributed by atoms with Crippen molar-refractivity contribution in [3.63, 3.8) is 0 Å². The fourth-order valence-electron chi connectivity index (χ4n) is 2.55. The van der Waals surface area contributed by atoms with E-state index in [1.165, 1.54) is 11.8 Å². The van der Waals surface area contributed by atoms with Gasteiger partial charge in [0.25, 0.3) is 0 Å². The fourth-order valence-corrected chi connectivity index (χ4v) is 3.02. The molecule has 5 unspecified atom stereocenters. The average Bonchev–Trinajstić information content (AvgIpc) is 2.75. The number of hydrogen-bond donors (Lipinski definition) is 7. The summed E-state index contributed by atoms with van der Waals surface area (Å²) >= 11 is 1.39. The number of amides is 3. The second kappa shape index (κ2) is 15.4. The number of aliphatic hydroxyl groups excluding tert-OH is 1. The van der Waals surface area contributed by atoms with Crippen molar-refractivity contribution in [2.45, 2.75) is 63.7 Å². The zero-order valence-corrected chi connectivity index (χ0v) is 19.3. The van der Waals surface area contributed by atoms with Crippen molar-refractivity contribution in [3.05, 3.63) is 0 Å². The number of carbonyl (C=O) groups excluding carboxylic acids is 3. The molecule has 32 heavy (non-hydrogen) atoms. The maximum absolute atomic E-state index is 12.6. The number of aliphatic carboxylic acids is 2. The standard InChI is InChI=1S/C19H34N4O8S/c1-4-10(2)15(20)18(29)21-11(5-6-14(25)26)16(27)23-13(9-24)17(28)22-12(19(30)31)7-8-32-3/h10-13,15,24H,4-9,20H2,1-3H3,(H,21,29)(H,22,28)(H,23,27)(H,25,26)(H,30,31). The van der Waals surface area contributed by atoms with Gasteiger partial charge >= 0.3 is 11.9 Å². The van der Waals surface area contributed by atoms with E-state index in [-0.39, 0.29) is 18.8 Å². The maximum Gasteiger partial charge on any atom is 0.326 e. The largest absolute Gasteiger partial charge is 0.481 e. The third-order valence-electron chi connectivity index (χ3n) is 4.88. The molecule has 0 bridgehead atoms. The van der Waals surface area contributed by atoms with Crippen LogP contribution in [0.15, 0.2) is 0 Å². The minimum Gasteiger partial charge on any atom is -0.481 e. The van der Waals surface area contributed by atoms with Crippen LogP contribution in [-0.4, -0.2) is 87.8 Å². The Bertz CT molecular complexity index is 663. The average molecular weight is 479 g/mol. The zero-order chi connectivity index (χ0) is 24.8. The molecule has 0 radical (unpaired) electrons. The van der Waals surface area contributed by atoms with E-state index in [2.05, 4.69) is 16.0 Å². The number of hydrogen-bond acceptors (Lipinski definition) is 8. The van der Waals surface area contributed by atoms with Crippen LogP contribution < -0.4 is 21.7 Å². The highest BCUT2D eigenvalue weighted by atomic mass is 32.2. The molecule has 5 atom stereocenters. The third kappa shape index (κ3) is 10.8. The summed E-state index contributed by atoms with van der Waals surface area (Å²) in [5.41, 5.74) is 5.85. The van der Waals surface area contributed by atoms with Gasteiger partial charge in [0.1, 0.15) is 18.1 Å². The Labute approximate surface area is 191 Å². The predicted molar refractivity (Wildman–Crippen MR) is 118 cm³/mol. The van der Waals surface area contributed by atoms with Crippen molar-refractivity contribution in [1.29, 1.82) is 0 Å². The van der Waals surface area contributed by atoms with Crippen molar-refractivity contribution in [3.8, 4) is 0 Å². The van der Waals surface area contributed by atoms with Crippen LogP contribution in [0.25, 0.3) is 0 Å². The Kier molecular flexibility index (Phi) is 14.3. The number of carboxylic acids is 2. The van der Waals surface area contributed by atoms with Crippen molar-refractivity contribution in [2.75, 3.05) is 18.6 Å². The first-order chi connectivity index (χ1) is 15.0. The summed E-state index contributed by atoms with van der Waals surface area (Å²) in [5, 5.41) is 34.5. The van der Waals surface area contributed by atoms with Gasteiger partial charge in [0, 0.05) is 6.42 Å². The van der Waals surface area contributed by atoms with E-state index in [4.69, 9.17) is 10.8 Å². The van der Waals surface area contributed by atoms with E-state index < -0.39 is 66.9 Å². The summed E-state index contributed by atoms with van der Waals surface area (Å²) in [6, 6.07) is -4.95. The minimum atomic E-state index is -1.49. The van der Waals surface area contributed by atoms with Crippen LogP contribution in [0.2, 0.25) is 0 Å². The highest BCUT2D eigenvalue weighted by Crippen LogP contribution is 2.07. The summed E-state index contributed by atoms with van der Waals surface area (Å²) in [7, 11) is 0. The lowest BCUT2D eigenvalue weighted by molar-refractivity contribution is -0.142. The Balaban J connectivity index is 5.30.